The molecule has 3 N–H and O–H groups in total. The topological polar surface area (TPSA) is 100 Å². The number of rotatable bonds is 6. The van der Waals surface area contributed by atoms with Crippen molar-refractivity contribution in [1.29, 1.82) is 0 Å². The Bertz CT molecular complexity index is 1610. The van der Waals surface area contributed by atoms with Gasteiger partial charge in [0.1, 0.15) is 11.3 Å². The van der Waals surface area contributed by atoms with Gasteiger partial charge >= 0.3 is 0 Å². The average Bonchev–Trinajstić information content (AvgIpc) is 3.56. The van der Waals surface area contributed by atoms with Crippen molar-refractivity contribution >= 4 is 16.8 Å². The van der Waals surface area contributed by atoms with Gasteiger partial charge in [-0.3, -0.25) is 19.4 Å². The normalized spacial score (nSPS) is 11.3. The molecule has 35 heavy (non-hydrogen) atoms. The van der Waals surface area contributed by atoms with Crippen molar-refractivity contribution in [1.82, 2.24) is 29.9 Å². The third-order valence-electron chi connectivity index (χ3n) is 6.13. The maximum atomic E-state index is 13.6. The Labute approximate surface area is 198 Å². The molecular weight excluding hydrogens is 454 g/mol. The summed E-state index contributed by atoms with van der Waals surface area (Å²) in [6.07, 6.45) is 1.83. The number of H-pyrrole nitrogens is 2. The molecule has 10 heteroatoms. The molecule has 0 spiro atoms. The highest BCUT2D eigenvalue weighted by Crippen LogP contribution is 2.25. The average molecular weight is 476 g/mol. The number of nitrogens with one attached hydrogen (secondary N) is 3. The van der Waals surface area contributed by atoms with E-state index in [-0.39, 0.29) is 18.7 Å². The van der Waals surface area contributed by atoms with Crippen LogP contribution >= 0.6 is 0 Å². The van der Waals surface area contributed by atoms with Crippen molar-refractivity contribution in [3.05, 3.63) is 99.1 Å². The predicted octanol–water partition coefficient (Wildman–Crippen LogP) is 3.62. The second-order valence-corrected chi connectivity index (χ2v) is 8.31. The van der Waals surface area contributed by atoms with Crippen molar-refractivity contribution < 1.29 is 13.6 Å². The molecule has 0 fully saturated rings. The molecule has 178 valence electrons. The highest BCUT2D eigenvalue weighted by molar-refractivity contribution is 5.95. The lowest BCUT2D eigenvalue weighted by Gasteiger charge is -2.08. The Morgan fingerprint density at radius 1 is 1.09 bits per heavy atom. The van der Waals surface area contributed by atoms with Crippen LogP contribution in [-0.4, -0.2) is 30.5 Å². The van der Waals surface area contributed by atoms with E-state index in [0.29, 0.717) is 11.3 Å². The van der Waals surface area contributed by atoms with Gasteiger partial charge in [-0.05, 0) is 48.4 Å². The molecule has 0 aliphatic rings. The van der Waals surface area contributed by atoms with Gasteiger partial charge in [-0.2, -0.15) is 5.10 Å². The second-order valence-electron chi connectivity index (χ2n) is 8.31. The van der Waals surface area contributed by atoms with E-state index in [1.807, 2.05) is 36.5 Å². The fraction of sp³-hybridized carbons (Fsp3) is 0.160. The minimum atomic E-state index is -0.992. The van der Waals surface area contributed by atoms with Gasteiger partial charge in [0.2, 0.25) is 0 Å². The third-order valence-corrected chi connectivity index (χ3v) is 6.13. The summed E-state index contributed by atoms with van der Waals surface area (Å²) in [5.41, 5.74) is 3.74. The van der Waals surface area contributed by atoms with Crippen LogP contribution in [0.4, 0.5) is 8.78 Å². The van der Waals surface area contributed by atoms with E-state index in [1.165, 1.54) is 15.4 Å². The number of hydrogen-bond acceptors (Lipinski definition) is 3. The van der Waals surface area contributed by atoms with Crippen molar-refractivity contribution in [3.8, 4) is 11.4 Å². The van der Waals surface area contributed by atoms with E-state index >= 15 is 0 Å². The van der Waals surface area contributed by atoms with E-state index in [9.17, 15) is 18.4 Å². The van der Waals surface area contributed by atoms with Crippen molar-refractivity contribution in [2.75, 3.05) is 0 Å². The van der Waals surface area contributed by atoms with Crippen LogP contribution in [0.2, 0.25) is 0 Å². The number of halogens is 2. The molecule has 8 nitrogen and oxygen atoms in total. The van der Waals surface area contributed by atoms with Gasteiger partial charge in [-0.25, -0.2) is 13.5 Å². The van der Waals surface area contributed by atoms with E-state index in [2.05, 4.69) is 20.5 Å². The van der Waals surface area contributed by atoms with Crippen molar-refractivity contribution in [3.63, 3.8) is 0 Å². The van der Waals surface area contributed by atoms with Gasteiger partial charge in [-0.1, -0.05) is 18.2 Å². The largest absolute Gasteiger partial charge is 0.360 e. The molecule has 5 aromatic rings. The Morgan fingerprint density at radius 3 is 2.63 bits per heavy atom. The molecule has 0 radical (unpaired) electrons. The molecule has 0 saturated carbocycles. The summed E-state index contributed by atoms with van der Waals surface area (Å²) in [6, 6.07) is 13.0. The van der Waals surface area contributed by atoms with Gasteiger partial charge < -0.3 is 10.3 Å². The lowest BCUT2D eigenvalue weighted by Crippen LogP contribution is -2.30. The highest BCUT2D eigenvalue weighted by Gasteiger charge is 2.21. The fourth-order valence-corrected chi connectivity index (χ4v) is 4.14. The highest BCUT2D eigenvalue weighted by atomic mass is 19.2. The molecule has 2 aromatic carbocycles. The van der Waals surface area contributed by atoms with Crippen LogP contribution in [0.5, 0.6) is 0 Å². The zero-order valence-electron chi connectivity index (χ0n) is 19.0. The summed E-state index contributed by atoms with van der Waals surface area (Å²) >= 11 is 0. The number of fused-ring (bicyclic) bond motifs is 1. The minimum Gasteiger partial charge on any atom is -0.360 e. The van der Waals surface area contributed by atoms with Crippen LogP contribution in [0.3, 0.4) is 0 Å². The first-order valence-electron chi connectivity index (χ1n) is 10.9. The van der Waals surface area contributed by atoms with Crippen LogP contribution in [0.15, 0.2) is 59.5 Å². The Morgan fingerprint density at radius 2 is 1.89 bits per heavy atom. The molecule has 5 rings (SSSR count). The number of nitrogens with zero attached hydrogens (tertiary/aromatic N) is 3. The van der Waals surface area contributed by atoms with Crippen LogP contribution in [-0.2, 0) is 20.1 Å². The monoisotopic (exact) mass is 476 g/mol. The van der Waals surface area contributed by atoms with Gasteiger partial charge in [0.25, 0.3) is 11.5 Å². The summed E-state index contributed by atoms with van der Waals surface area (Å²) in [6.45, 7) is 1.87. The number of aromatic amines is 2. The molecule has 0 aliphatic carbocycles. The summed E-state index contributed by atoms with van der Waals surface area (Å²) in [5, 5.41) is 11.1. The smallest absolute Gasteiger partial charge is 0.280 e. The van der Waals surface area contributed by atoms with Crippen molar-refractivity contribution in [2.45, 2.75) is 20.0 Å². The summed E-state index contributed by atoms with van der Waals surface area (Å²) < 4.78 is 29.7. The lowest BCUT2D eigenvalue weighted by molar-refractivity contribution is 0.0949. The molecule has 0 saturated heterocycles. The molecule has 1 amide bonds. The molecule has 3 heterocycles. The third kappa shape index (κ3) is 4.03. The first kappa shape index (κ1) is 22.3. The zero-order valence-corrected chi connectivity index (χ0v) is 19.0. The van der Waals surface area contributed by atoms with Crippen molar-refractivity contribution in [2.24, 2.45) is 7.05 Å². The SMILES string of the molecule is Cc1c(C(=O)NCc2ccc3c(-c4ccc[nH]4)n[nH]c3c2)c(=O)n(Cc2ccc(F)c(F)c2)n1C. The first-order valence-corrected chi connectivity index (χ1v) is 10.9. The standard InChI is InChI=1S/C25H22F2N6O2/c1-14-22(25(35)33(32(14)2)13-16-6-8-18(26)19(27)10-16)24(34)29-12-15-5-7-17-21(11-15)30-31-23(17)20-4-3-9-28-20/h3-11,28H,12-13H2,1-2H3,(H,29,34)(H,30,31). The molecule has 0 bridgehead atoms. The number of aromatic nitrogens is 5. The predicted molar refractivity (Wildman–Crippen MR) is 127 cm³/mol. The molecule has 0 unspecified atom stereocenters. The van der Waals surface area contributed by atoms with Gasteiger partial charge in [0.15, 0.2) is 11.6 Å². The Kier molecular flexibility index (Phi) is 5.56. The number of carbonyl (C=O) groups is 1. The molecule has 0 atom stereocenters. The zero-order chi connectivity index (χ0) is 24.7. The minimum absolute atomic E-state index is 0.000288. The Hall–Kier alpha value is -4.47. The maximum absolute atomic E-state index is 13.6. The number of hydrogen-bond donors (Lipinski definition) is 3. The van der Waals surface area contributed by atoms with E-state index in [1.54, 1.807) is 14.0 Å². The van der Waals surface area contributed by atoms with E-state index < -0.39 is 23.1 Å². The summed E-state index contributed by atoms with van der Waals surface area (Å²) in [5.74, 6) is -2.46. The molecular formula is C25H22F2N6O2. The first-order chi connectivity index (χ1) is 16.8. The fourth-order valence-electron chi connectivity index (χ4n) is 4.14. The number of amides is 1. The Balaban J connectivity index is 1.34. The van der Waals surface area contributed by atoms with Gasteiger partial charge in [0.05, 0.1) is 17.8 Å². The van der Waals surface area contributed by atoms with Crippen LogP contribution < -0.4 is 10.9 Å². The lowest BCUT2D eigenvalue weighted by atomic mass is 10.1. The quantitative estimate of drug-likeness (QED) is 0.349. The van der Waals surface area contributed by atoms with Crippen LogP contribution in [0.25, 0.3) is 22.3 Å². The summed E-state index contributed by atoms with van der Waals surface area (Å²) in [7, 11) is 1.64. The molecule has 0 aliphatic heterocycles. The molecule has 3 aromatic heterocycles. The number of benzene rings is 2. The summed E-state index contributed by atoms with van der Waals surface area (Å²) in [4.78, 5) is 29.1. The van der Waals surface area contributed by atoms with E-state index in [0.717, 1.165) is 40.0 Å². The van der Waals surface area contributed by atoms with Gasteiger partial charge in [-0.15, -0.1) is 0 Å². The maximum Gasteiger partial charge on any atom is 0.280 e. The second kappa shape index (κ2) is 8.71. The van der Waals surface area contributed by atoms with Crippen LogP contribution in [0.1, 0.15) is 27.2 Å². The number of carbonyl (C=O) groups excluding carboxylic acids is 1. The van der Waals surface area contributed by atoms with Gasteiger partial charge in [0, 0.05) is 30.9 Å². The van der Waals surface area contributed by atoms with Crippen LogP contribution in [0, 0.1) is 18.6 Å². The van der Waals surface area contributed by atoms with E-state index in [4.69, 9.17) is 0 Å².